The highest BCUT2D eigenvalue weighted by Gasteiger charge is 2.30. The molecule has 160 valence electrons. The molecular formula is C23H16F3N5O. The molecular weight excluding hydrogens is 419 g/mol. The third kappa shape index (κ3) is 4.11. The molecule has 0 saturated carbocycles. The SMILES string of the molecule is [C-]#[N+]c1cn(-c2cccnc2C)c2cc(NC(=O)Nc3ccc(C(F)(F)F)cc3)ccc12. The molecule has 2 aromatic heterocycles. The second-order valence-corrected chi connectivity index (χ2v) is 6.99. The highest BCUT2D eigenvalue weighted by Crippen LogP contribution is 2.33. The Morgan fingerprint density at radius 2 is 1.75 bits per heavy atom. The molecule has 0 aliphatic heterocycles. The van der Waals surface area contributed by atoms with Gasteiger partial charge in [0.25, 0.3) is 0 Å². The minimum absolute atomic E-state index is 0.223. The summed E-state index contributed by atoms with van der Waals surface area (Å²) >= 11 is 0. The monoisotopic (exact) mass is 435 g/mol. The highest BCUT2D eigenvalue weighted by atomic mass is 19.4. The van der Waals surface area contributed by atoms with Crippen molar-refractivity contribution in [3.05, 3.63) is 89.7 Å². The molecule has 4 rings (SSSR count). The van der Waals surface area contributed by atoms with Crippen molar-refractivity contribution >= 4 is 34.0 Å². The number of carbonyl (C=O) groups is 1. The predicted octanol–water partition coefficient (Wildman–Crippen LogP) is 6.55. The number of nitrogens with zero attached hydrogens (tertiary/aromatic N) is 3. The van der Waals surface area contributed by atoms with Gasteiger partial charge in [0.05, 0.1) is 23.5 Å². The van der Waals surface area contributed by atoms with Gasteiger partial charge >= 0.3 is 12.2 Å². The maximum atomic E-state index is 12.7. The molecule has 2 aromatic carbocycles. The normalized spacial score (nSPS) is 11.2. The highest BCUT2D eigenvalue weighted by molar-refractivity contribution is 6.02. The first kappa shape index (κ1) is 20.9. The number of aromatic nitrogens is 2. The van der Waals surface area contributed by atoms with E-state index in [9.17, 15) is 18.0 Å². The topological polar surface area (TPSA) is 63.3 Å². The van der Waals surface area contributed by atoms with Crippen LogP contribution >= 0.6 is 0 Å². The first-order valence-corrected chi connectivity index (χ1v) is 9.46. The lowest BCUT2D eigenvalue weighted by Gasteiger charge is -2.11. The van der Waals surface area contributed by atoms with Crippen LogP contribution in [0.15, 0.2) is 67.0 Å². The second-order valence-electron chi connectivity index (χ2n) is 6.99. The number of alkyl halides is 3. The number of anilines is 2. The quantitative estimate of drug-likeness (QED) is 0.359. The number of nitrogens with one attached hydrogen (secondary N) is 2. The molecule has 2 amide bonds. The lowest BCUT2D eigenvalue weighted by molar-refractivity contribution is -0.137. The number of halogens is 3. The number of benzene rings is 2. The average Bonchev–Trinajstić information content (AvgIpc) is 3.11. The molecule has 2 N–H and O–H groups in total. The van der Waals surface area contributed by atoms with E-state index >= 15 is 0 Å². The van der Waals surface area contributed by atoms with Crippen LogP contribution in [0.2, 0.25) is 0 Å². The van der Waals surface area contributed by atoms with E-state index in [1.807, 2.05) is 17.6 Å². The molecule has 0 bridgehead atoms. The van der Waals surface area contributed by atoms with Gasteiger partial charge in [0.15, 0.2) is 0 Å². The van der Waals surface area contributed by atoms with Gasteiger partial charge in [-0.25, -0.2) is 9.64 Å². The van der Waals surface area contributed by atoms with Gasteiger partial charge in [0, 0.05) is 34.7 Å². The Kier molecular flexibility index (Phi) is 5.28. The molecule has 0 fully saturated rings. The lowest BCUT2D eigenvalue weighted by Crippen LogP contribution is -2.19. The van der Waals surface area contributed by atoms with Crippen molar-refractivity contribution in [2.75, 3.05) is 10.6 Å². The Bertz CT molecular complexity index is 1350. The van der Waals surface area contributed by atoms with E-state index in [-0.39, 0.29) is 5.69 Å². The summed E-state index contributed by atoms with van der Waals surface area (Å²) in [6.45, 7) is 9.31. The first-order chi connectivity index (χ1) is 15.3. The van der Waals surface area contributed by atoms with E-state index in [1.54, 1.807) is 36.7 Å². The molecule has 4 aromatic rings. The molecule has 0 unspecified atom stereocenters. The summed E-state index contributed by atoms with van der Waals surface area (Å²) in [6, 6.07) is 12.4. The third-order valence-corrected chi connectivity index (χ3v) is 4.87. The van der Waals surface area contributed by atoms with Gasteiger partial charge < -0.3 is 15.2 Å². The molecule has 0 saturated heterocycles. The van der Waals surface area contributed by atoms with E-state index in [4.69, 9.17) is 6.57 Å². The van der Waals surface area contributed by atoms with Crippen LogP contribution in [0, 0.1) is 13.5 Å². The molecule has 0 aliphatic rings. The van der Waals surface area contributed by atoms with E-state index in [2.05, 4.69) is 20.5 Å². The van der Waals surface area contributed by atoms with Gasteiger partial charge in [-0.15, -0.1) is 0 Å². The Labute approximate surface area is 181 Å². The van der Waals surface area contributed by atoms with Crippen LogP contribution in [0.3, 0.4) is 0 Å². The van der Waals surface area contributed by atoms with Crippen LogP contribution in [-0.2, 0) is 6.18 Å². The predicted molar refractivity (Wildman–Crippen MR) is 116 cm³/mol. The van der Waals surface area contributed by atoms with E-state index in [0.717, 1.165) is 28.9 Å². The maximum absolute atomic E-state index is 12.7. The van der Waals surface area contributed by atoms with E-state index in [1.165, 1.54) is 12.1 Å². The summed E-state index contributed by atoms with van der Waals surface area (Å²) in [5.74, 6) is 0. The van der Waals surface area contributed by atoms with Crippen molar-refractivity contribution in [2.45, 2.75) is 13.1 Å². The number of carbonyl (C=O) groups excluding carboxylic acids is 1. The van der Waals surface area contributed by atoms with Crippen molar-refractivity contribution in [1.29, 1.82) is 0 Å². The minimum Gasteiger partial charge on any atom is -0.326 e. The second kappa shape index (κ2) is 8.07. The zero-order chi connectivity index (χ0) is 22.9. The first-order valence-electron chi connectivity index (χ1n) is 9.46. The number of urea groups is 1. The summed E-state index contributed by atoms with van der Waals surface area (Å²) < 4.78 is 39.9. The summed E-state index contributed by atoms with van der Waals surface area (Å²) in [6.07, 6.45) is -1.05. The Balaban J connectivity index is 1.60. The van der Waals surface area contributed by atoms with Gasteiger partial charge in [-0.3, -0.25) is 4.98 Å². The van der Waals surface area contributed by atoms with Crippen molar-refractivity contribution in [2.24, 2.45) is 0 Å². The van der Waals surface area contributed by atoms with Crippen molar-refractivity contribution in [3.8, 4) is 5.69 Å². The molecule has 0 spiro atoms. The van der Waals surface area contributed by atoms with Crippen molar-refractivity contribution in [3.63, 3.8) is 0 Å². The fourth-order valence-electron chi connectivity index (χ4n) is 3.34. The van der Waals surface area contributed by atoms with Gasteiger partial charge in [0.2, 0.25) is 5.69 Å². The van der Waals surface area contributed by atoms with Crippen LogP contribution in [0.1, 0.15) is 11.3 Å². The third-order valence-electron chi connectivity index (χ3n) is 4.87. The van der Waals surface area contributed by atoms with E-state index in [0.29, 0.717) is 16.9 Å². The van der Waals surface area contributed by atoms with Crippen LogP contribution in [0.4, 0.5) is 35.0 Å². The summed E-state index contributed by atoms with van der Waals surface area (Å²) in [7, 11) is 0. The standard InChI is InChI=1S/C23H16F3N5O/c1-14-20(4-3-11-28-14)31-13-19(27-2)18-10-9-17(12-21(18)31)30-22(32)29-16-7-5-15(6-8-16)23(24,25)26/h3-13H,1H3,(H2,29,30,32). The summed E-state index contributed by atoms with van der Waals surface area (Å²) in [4.78, 5) is 20.2. The Morgan fingerprint density at radius 1 is 1.06 bits per heavy atom. The zero-order valence-corrected chi connectivity index (χ0v) is 16.7. The molecule has 2 heterocycles. The fraction of sp³-hybridized carbons (Fsp3) is 0.0870. The van der Waals surface area contributed by atoms with Crippen molar-refractivity contribution in [1.82, 2.24) is 9.55 Å². The smallest absolute Gasteiger partial charge is 0.326 e. The number of rotatable bonds is 3. The van der Waals surface area contributed by atoms with Crippen molar-refractivity contribution < 1.29 is 18.0 Å². The van der Waals surface area contributed by atoms with Crippen LogP contribution < -0.4 is 10.6 Å². The zero-order valence-electron chi connectivity index (χ0n) is 16.7. The van der Waals surface area contributed by atoms with Gasteiger partial charge in [-0.05, 0) is 55.5 Å². The van der Waals surface area contributed by atoms with Crippen LogP contribution in [-0.4, -0.2) is 15.6 Å². The van der Waals surface area contributed by atoms with Gasteiger partial charge in [0.1, 0.15) is 0 Å². The molecule has 0 atom stereocenters. The molecule has 6 nitrogen and oxygen atoms in total. The largest absolute Gasteiger partial charge is 0.416 e. The number of pyridine rings is 1. The number of hydrogen-bond acceptors (Lipinski definition) is 2. The summed E-state index contributed by atoms with van der Waals surface area (Å²) in [5.41, 5.74) is 2.64. The van der Waals surface area contributed by atoms with Crippen LogP contribution in [0.25, 0.3) is 21.4 Å². The maximum Gasteiger partial charge on any atom is 0.416 e. The van der Waals surface area contributed by atoms with Crippen LogP contribution in [0.5, 0.6) is 0 Å². The molecule has 0 aliphatic carbocycles. The van der Waals surface area contributed by atoms with Gasteiger partial charge in [-0.2, -0.15) is 13.2 Å². The van der Waals surface area contributed by atoms with E-state index < -0.39 is 17.8 Å². The Morgan fingerprint density at radius 3 is 2.41 bits per heavy atom. The lowest BCUT2D eigenvalue weighted by atomic mass is 10.2. The average molecular weight is 435 g/mol. The summed E-state index contributed by atoms with van der Waals surface area (Å²) in [5, 5.41) is 5.89. The minimum atomic E-state index is -4.44. The molecule has 9 heteroatoms. The number of aryl methyl sites for hydroxylation is 1. The number of hydrogen-bond donors (Lipinski definition) is 2. The number of amides is 2. The molecule has 32 heavy (non-hydrogen) atoms. The molecule has 0 radical (unpaired) electrons. The van der Waals surface area contributed by atoms with Gasteiger partial charge in [-0.1, -0.05) is 6.07 Å². The fourth-order valence-corrected chi connectivity index (χ4v) is 3.34. The Hall–Kier alpha value is -4.32. The number of fused-ring (bicyclic) bond motifs is 1.